The quantitative estimate of drug-likeness (QED) is 0.892. The van der Waals surface area contributed by atoms with Gasteiger partial charge in [0, 0.05) is 17.7 Å². The van der Waals surface area contributed by atoms with Gasteiger partial charge in [-0.15, -0.1) is 0 Å². The predicted octanol–water partition coefficient (Wildman–Crippen LogP) is 2.69. The van der Waals surface area contributed by atoms with Crippen LogP contribution in [0.3, 0.4) is 0 Å². The third-order valence-electron chi connectivity index (χ3n) is 3.49. The van der Waals surface area contributed by atoms with Gasteiger partial charge < -0.3 is 10.1 Å². The average Bonchev–Trinajstić information content (AvgIpc) is 2.97. The maximum atomic E-state index is 12.1. The number of hydrogen-bond acceptors (Lipinski definition) is 3. The third kappa shape index (κ3) is 3.87. The smallest absolute Gasteiger partial charge is 0.271 e. The molecule has 2 N–H and O–H groups in total. The minimum Gasteiger partial charge on any atom is -0.496 e. The van der Waals surface area contributed by atoms with Gasteiger partial charge in [0.25, 0.3) is 5.91 Å². The molecule has 2 rings (SSSR count). The molecule has 0 radical (unpaired) electrons. The summed E-state index contributed by atoms with van der Waals surface area (Å²) in [4.78, 5) is 12.1. The summed E-state index contributed by atoms with van der Waals surface area (Å²) >= 11 is 0. The monoisotopic (exact) mass is 301 g/mol. The average molecular weight is 301 g/mol. The Balaban J connectivity index is 1.92. The molecule has 1 heterocycles. The molecule has 0 saturated carbocycles. The normalized spacial score (nSPS) is 11.3. The maximum Gasteiger partial charge on any atom is 0.271 e. The largest absolute Gasteiger partial charge is 0.496 e. The van der Waals surface area contributed by atoms with Crippen LogP contribution in [-0.4, -0.2) is 29.8 Å². The molecule has 5 nitrogen and oxygen atoms in total. The van der Waals surface area contributed by atoms with Gasteiger partial charge in [0.1, 0.15) is 11.4 Å². The number of ether oxygens (including phenoxy) is 1. The minimum absolute atomic E-state index is 0.0526. The molecule has 1 amide bonds. The van der Waals surface area contributed by atoms with E-state index in [2.05, 4.69) is 36.3 Å². The Morgan fingerprint density at radius 3 is 2.68 bits per heavy atom. The van der Waals surface area contributed by atoms with E-state index in [-0.39, 0.29) is 11.3 Å². The van der Waals surface area contributed by atoms with Crippen LogP contribution in [0.1, 0.15) is 42.5 Å². The van der Waals surface area contributed by atoms with Crippen LogP contribution in [0.25, 0.3) is 0 Å². The van der Waals surface area contributed by atoms with E-state index in [1.165, 1.54) is 0 Å². The van der Waals surface area contributed by atoms with Crippen LogP contribution in [0, 0.1) is 0 Å². The highest BCUT2D eigenvalue weighted by Crippen LogP contribution is 2.20. The van der Waals surface area contributed by atoms with Crippen LogP contribution < -0.4 is 10.1 Å². The summed E-state index contributed by atoms with van der Waals surface area (Å²) in [6.45, 7) is 6.76. The Hall–Kier alpha value is -2.30. The molecule has 0 bridgehead atoms. The van der Waals surface area contributed by atoms with Gasteiger partial charge in [-0.25, -0.2) is 0 Å². The molecule has 1 aromatic carbocycles. The summed E-state index contributed by atoms with van der Waals surface area (Å²) in [5.74, 6) is 0.674. The Morgan fingerprint density at radius 1 is 1.32 bits per heavy atom. The number of carbonyl (C=O) groups is 1. The number of nitrogens with one attached hydrogen (secondary N) is 2. The lowest BCUT2D eigenvalue weighted by atomic mass is 9.92. The first kappa shape index (κ1) is 16.1. The summed E-state index contributed by atoms with van der Waals surface area (Å²) < 4.78 is 5.30. The number of amides is 1. The molecule has 0 spiro atoms. The van der Waals surface area contributed by atoms with E-state index in [1.807, 2.05) is 24.3 Å². The van der Waals surface area contributed by atoms with Gasteiger partial charge in [0.15, 0.2) is 0 Å². The number of carbonyl (C=O) groups excluding carboxylic acids is 1. The molecular formula is C17H23N3O2. The van der Waals surface area contributed by atoms with Gasteiger partial charge in [-0.2, -0.15) is 5.10 Å². The van der Waals surface area contributed by atoms with Crippen LogP contribution in [0.5, 0.6) is 5.75 Å². The molecule has 2 aromatic rings. The van der Waals surface area contributed by atoms with Crippen molar-refractivity contribution < 1.29 is 9.53 Å². The van der Waals surface area contributed by atoms with Crippen molar-refractivity contribution in [2.24, 2.45) is 0 Å². The second-order valence-corrected chi connectivity index (χ2v) is 6.23. The van der Waals surface area contributed by atoms with Gasteiger partial charge >= 0.3 is 0 Å². The molecule has 0 aliphatic heterocycles. The lowest BCUT2D eigenvalue weighted by Gasteiger charge is -2.14. The standard InChI is InChI=1S/C17H23N3O2/c1-17(2,3)15-11-13(19-20-15)16(21)18-10-9-12-7-5-6-8-14(12)22-4/h5-8,11H,9-10H2,1-4H3,(H,18,21)(H,19,20). The predicted molar refractivity (Wildman–Crippen MR) is 86.3 cm³/mol. The number of hydrogen-bond donors (Lipinski definition) is 2. The highest BCUT2D eigenvalue weighted by molar-refractivity contribution is 5.92. The summed E-state index contributed by atoms with van der Waals surface area (Å²) in [7, 11) is 1.65. The number of nitrogens with zero attached hydrogens (tertiary/aromatic N) is 1. The minimum atomic E-state index is -0.165. The van der Waals surface area contributed by atoms with Crippen LogP contribution in [0.2, 0.25) is 0 Å². The fourth-order valence-corrected chi connectivity index (χ4v) is 2.13. The summed E-state index contributed by atoms with van der Waals surface area (Å²) in [5, 5.41) is 9.89. The fraction of sp³-hybridized carbons (Fsp3) is 0.412. The molecule has 0 aliphatic rings. The van der Waals surface area contributed by atoms with Gasteiger partial charge in [-0.1, -0.05) is 39.0 Å². The Bertz CT molecular complexity index is 641. The lowest BCUT2D eigenvalue weighted by molar-refractivity contribution is 0.0949. The van der Waals surface area contributed by atoms with Gasteiger partial charge in [-0.3, -0.25) is 9.89 Å². The lowest BCUT2D eigenvalue weighted by Crippen LogP contribution is -2.26. The number of para-hydroxylation sites is 1. The topological polar surface area (TPSA) is 67.0 Å². The van der Waals surface area contributed by atoms with E-state index >= 15 is 0 Å². The molecule has 0 fully saturated rings. The number of rotatable bonds is 5. The van der Waals surface area contributed by atoms with Crippen molar-refractivity contribution in [3.05, 3.63) is 47.3 Å². The first-order chi connectivity index (χ1) is 10.4. The van der Waals surface area contributed by atoms with Crippen molar-refractivity contribution in [1.29, 1.82) is 0 Å². The number of methoxy groups -OCH3 is 1. The van der Waals surface area contributed by atoms with E-state index in [0.29, 0.717) is 18.7 Å². The third-order valence-corrected chi connectivity index (χ3v) is 3.49. The summed E-state index contributed by atoms with van der Waals surface area (Å²) in [6.07, 6.45) is 0.715. The van der Waals surface area contributed by atoms with E-state index in [0.717, 1.165) is 17.0 Å². The Morgan fingerprint density at radius 2 is 2.05 bits per heavy atom. The maximum absolute atomic E-state index is 12.1. The molecule has 22 heavy (non-hydrogen) atoms. The molecule has 1 aromatic heterocycles. The van der Waals surface area contributed by atoms with E-state index < -0.39 is 0 Å². The van der Waals surface area contributed by atoms with Crippen molar-refractivity contribution in [3.63, 3.8) is 0 Å². The van der Waals surface area contributed by atoms with E-state index in [4.69, 9.17) is 4.74 Å². The molecule has 0 saturated heterocycles. The SMILES string of the molecule is COc1ccccc1CCNC(=O)c1cc(C(C)(C)C)[nH]n1. The van der Waals surface area contributed by atoms with E-state index in [9.17, 15) is 4.79 Å². The first-order valence-corrected chi connectivity index (χ1v) is 7.38. The Labute approximate surface area is 131 Å². The van der Waals surface area contributed by atoms with Gasteiger partial charge in [0.05, 0.1) is 7.11 Å². The van der Waals surface area contributed by atoms with Crippen molar-refractivity contribution in [2.45, 2.75) is 32.6 Å². The number of aromatic nitrogens is 2. The van der Waals surface area contributed by atoms with Crippen molar-refractivity contribution in [1.82, 2.24) is 15.5 Å². The number of H-pyrrole nitrogens is 1. The van der Waals surface area contributed by atoms with Crippen LogP contribution >= 0.6 is 0 Å². The second-order valence-electron chi connectivity index (χ2n) is 6.23. The van der Waals surface area contributed by atoms with E-state index in [1.54, 1.807) is 13.2 Å². The summed E-state index contributed by atoms with van der Waals surface area (Å²) in [5.41, 5.74) is 2.39. The van der Waals surface area contributed by atoms with Gasteiger partial charge in [-0.05, 0) is 24.1 Å². The van der Waals surface area contributed by atoms with Crippen LogP contribution in [0.15, 0.2) is 30.3 Å². The summed E-state index contributed by atoms with van der Waals surface area (Å²) in [6, 6.07) is 9.61. The Kier molecular flexibility index (Phi) is 4.85. The zero-order chi connectivity index (χ0) is 16.2. The fourth-order valence-electron chi connectivity index (χ4n) is 2.13. The van der Waals surface area contributed by atoms with Crippen molar-refractivity contribution in [2.75, 3.05) is 13.7 Å². The van der Waals surface area contributed by atoms with Crippen molar-refractivity contribution in [3.8, 4) is 5.75 Å². The molecule has 0 aliphatic carbocycles. The highest BCUT2D eigenvalue weighted by atomic mass is 16.5. The zero-order valence-electron chi connectivity index (χ0n) is 13.6. The molecule has 0 atom stereocenters. The number of benzene rings is 1. The molecule has 5 heteroatoms. The first-order valence-electron chi connectivity index (χ1n) is 7.38. The second kappa shape index (κ2) is 6.64. The van der Waals surface area contributed by atoms with Crippen LogP contribution in [-0.2, 0) is 11.8 Å². The zero-order valence-corrected chi connectivity index (χ0v) is 13.6. The molecule has 0 unspecified atom stereocenters. The number of aromatic amines is 1. The molecule has 118 valence electrons. The van der Waals surface area contributed by atoms with Crippen LogP contribution in [0.4, 0.5) is 0 Å². The van der Waals surface area contributed by atoms with Gasteiger partial charge in [0.2, 0.25) is 0 Å². The molecular weight excluding hydrogens is 278 g/mol. The van der Waals surface area contributed by atoms with Crippen molar-refractivity contribution >= 4 is 5.91 Å². The highest BCUT2D eigenvalue weighted by Gasteiger charge is 2.19.